The van der Waals surface area contributed by atoms with Crippen LogP contribution in [-0.4, -0.2) is 45.4 Å². The lowest BCUT2D eigenvalue weighted by molar-refractivity contribution is -0.128. The predicted molar refractivity (Wildman–Crippen MR) is 60.6 cm³/mol. The summed E-state index contributed by atoms with van der Waals surface area (Å²) in [5, 5.41) is 18.1. The Hall–Kier alpha value is -1.54. The number of hydrogen-bond acceptors (Lipinski definition) is 6. The number of carbonyl (C=O) groups excluding carboxylic acids is 2. The molecule has 17 heavy (non-hydrogen) atoms. The van der Waals surface area contributed by atoms with Crippen molar-refractivity contribution in [2.75, 3.05) is 11.9 Å². The minimum Gasteiger partial charge on any atom is -0.365 e. The largest absolute Gasteiger partial charge is 0.365 e. The lowest BCUT2D eigenvalue weighted by Crippen LogP contribution is -2.31. The topological polar surface area (TPSA) is 86.6 Å². The number of aliphatic hydroxyl groups excluding tert-OH is 1. The van der Waals surface area contributed by atoms with Crippen molar-refractivity contribution in [2.45, 2.75) is 26.0 Å². The summed E-state index contributed by atoms with van der Waals surface area (Å²) in [6, 6.07) is -0.589. The number of carbonyl (C=O) groups is 2. The van der Waals surface area contributed by atoms with E-state index in [4.69, 9.17) is 0 Å². The summed E-state index contributed by atoms with van der Waals surface area (Å²) >= 11 is 1.17. The summed E-state index contributed by atoms with van der Waals surface area (Å²) in [5.41, 5.74) is 0. The van der Waals surface area contributed by atoms with Crippen LogP contribution in [0.3, 0.4) is 0 Å². The molecule has 0 radical (unpaired) electrons. The van der Waals surface area contributed by atoms with Crippen molar-refractivity contribution in [3.63, 3.8) is 0 Å². The third kappa shape index (κ3) is 1.79. The van der Waals surface area contributed by atoms with E-state index in [-0.39, 0.29) is 11.0 Å². The average Bonchev–Trinajstić information content (AvgIpc) is 2.81. The Morgan fingerprint density at radius 3 is 2.41 bits per heavy atom. The maximum Gasteiger partial charge on any atom is 0.335 e. The molecule has 1 aliphatic rings. The van der Waals surface area contributed by atoms with Gasteiger partial charge in [0.25, 0.3) is 5.91 Å². The van der Waals surface area contributed by atoms with E-state index in [9.17, 15) is 14.7 Å². The van der Waals surface area contributed by atoms with Gasteiger partial charge >= 0.3 is 6.03 Å². The van der Waals surface area contributed by atoms with Crippen LogP contribution in [0.25, 0.3) is 0 Å². The molecule has 1 aromatic heterocycles. The van der Waals surface area contributed by atoms with Gasteiger partial charge in [0.1, 0.15) is 5.01 Å². The molecule has 92 valence electrons. The van der Waals surface area contributed by atoms with Crippen molar-refractivity contribution >= 4 is 28.4 Å². The fourth-order valence-electron chi connectivity index (χ4n) is 1.36. The number of rotatable bonds is 2. The highest BCUT2D eigenvalue weighted by Gasteiger charge is 2.44. The normalized spacial score (nSPS) is 20.9. The summed E-state index contributed by atoms with van der Waals surface area (Å²) in [7, 11) is 1.36. The molecule has 1 N–H and O–H groups in total. The minimum atomic E-state index is -1.44. The Morgan fingerprint density at radius 2 is 2.00 bits per heavy atom. The second-order valence-corrected chi connectivity index (χ2v) is 5.01. The Bertz CT molecular complexity index is 453. The van der Waals surface area contributed by atoms with Gasteiger partial charge in [-0.2, -0.15) is 0 Å². The molecule has 2 heterocycles. The first kappa shape index (κ1) is 11.9. The molecule has 1 aromatic rings. The molecule has 1 atom stereocenters. The summed E-state index contributed by atoms with van der Waals surface area (Å²) in [6.07, 6.45) is -1.44. The van der Waals surface area contributed by atoms with E-state index in [1.165, 1.54) is 18.4 Å². The number of urea groups is 1. The van der Waals surface area contributed by atoms with E-state index in [1.807, 2.05) is 13.8 Å². The van der Waals surface area contributed by atoms with Gasteiger partial charge in [-0.15, -0.1) is 10.2 Å². The van der Waals surface area contributed by atoms with Crippen LogP contribution < -0.4 is 4.90 Å². The van der Waals surface area contributed by atoms with Crippen LogP contribution in [0.2, 0.25) is 0 Å². The number of aromatic nitrogens is 2. The molecule has 1 aliphatic heterocycles. The summed E-state index contributed by atoms with van der Waals surface area (Å²) < 4.78 is 0. The van der Waals surface area contributed by atoms with Crippen molar-refractivity contribution in [2.24, 2.45) is 0 Å². The van der Waals surface area contributed by atoms with Crippen LogP contribution in [0.4, 0.5) is 9.93 Å². The maximum atomic E-state index is 11.7. The Balaban J connectivity index is 2.33. The van der Waals surface area contributed by atoms with Crippen molar-refractivity contribution in [1.82, 2.24) is 15.1 Å². The standard InChI is InChI=1S/C9H12N4O3S/c1-4(2)5-10-11-8(17-5)13-7(15)6(14)12(3)9(13)16/h4,6,14H,1-3H3. The van der Waals surface area contributed by atoms with Crippen molar-refractivity contribution in [1.29, 1.82) is 0 Å². The molecule has 0 spiro atoms. The highest BCUT2D eigenvalue weighted by molar-refractivity contribution is 7.15. The first-order valence-corrected chi connectivity index (χ1v) is 5.87. The first-order chi connectivity index (χ1) is 7.93. The SMILES string of the molecule is CC(C)c1nnc(N2C(=O)C(O)N(C)C2=O)s1. The van der Waals surface area contributed by atoms with Crippen LogP contribution >= 0.6 is 11.3 Å². The van der Waals surface area contributed by atoms with Crippen molar-refractivity contribution in [3.8, 4) is 0 Å². The zero-order valence-corrected chi connectivity index (χ0v) is 10.4. The van der Waals surface area contributed by atoms with Crippen molar-refractivity contribution < 1.29 is 14.7 Å². The molecule has 0 aromatic carbocycles. The van der Waals surface area contributed by atoms with Gasteiger partial charge in [0.05, 0.1) is 0 Å². The lowest BCUT2D eigenvalue weighted by atomic mass is 10.2. The summed E-state index contributed by atoms with van der Waals surface area (Å²) in [5.74, 6) is -0.513. The number of imide groups is 1. The smallest absolute Gasteiger partial charge is 0.335 e. The minimum absolute atomic E-state index is 0.178. The number of amides is 3. The van der Waals surface area contributed by atoms with Crippen LogP contribution in [0.15, 0.2) is 0 Å². The second kappa shape index (κ2) is 4.04. The Kier molecular flexibility index (Phi) is 2.84. The first-order valence-electron chi connectivity index (χ1n) is 5.05. The Morgan fingerprint density at radius 1 is 1.35 bits per heavy atom. The molecule has 1 fully saturated rings. The number of likely N-dealkylation sites (N-methyl/N-ethyl adjacent to an activating group) is 1. The lowest BCUT2D eigenvalue weighted by Gasteiger charge is -2.09. The quantitative estimate of drug-likeness (QED) is 0.773. The number of nitrogens with zero attached hydrogens (tertiary/aromatic N) is 4. The number of hydrogen-bond donors (Lipinski definition) is 1. The van der Waals surface area contributed by atoms with E-state index >= 15 is 0 Å². The van der Waals surface area contributed by atoms with Gasteiger partial charge in [0.15, 0.2) is 0 Å². The fourth-order valence-corrected chi connectivity index (χ4v) is 2.21. The van der Waals surface area contributed by atoms with Crippen LogP contribution in [-0.2, 0) is 4.79 Å². The molecular weight excluding hydrogens is 244 g/mol. The molecule has 3 amide bonds. The highest BCUT2D eigenvalue weighted by atomic mass is 32.1. The van der Waals surface area contributed by atoms with E-state index in [2.05, 4.69) is 10.2 Å². The molecule has 0 aliphatic carbocycles. The highest BCUT2D eigenvalue weighted by Crippen LogP contribution is 2.29. The maximum absolute atomic E-state index is 11.7. The van der Waals surface area contributed by atoms with Gasteiger partial charge in [0.2, 0.25) is 11.4 Å². The number of anilines is 1. The second-order valence-electron chi connectivity index (χ2n) is 4.02. The van der Waals surface area contributed by atoms with Crippen LogP contribution in [0.1, 0.15) is 24.8 Å². The van der Waals surface area contributed by atoms with E-state index < -0.39 is 18.2 Å². The molecule has 8 heteroatoms. The van der Waals surface area contributed by atoms with Gasteiger partial charge in [0, 0.05) is 13.0 Å². The number of aliphatic hydroxyl groups is 1. The van der Waals surface area contributed by atoms with E-state index in [0.717, 1.165) is 14.8 Å². The fraction of sp³-hybridized carbons (Fsp3) is 0.556. The zero-order chi connectivity index (χ0) is 12.7. The predicted octanol–water partition coefficient (Wildman–Crippen LogP) is 0.378. The molecule has 0 saturated carbocycles. The molecular formula is C9H12N4O3S. The summed E-state index contributed by atoms with van der Waals surface area (Å²) in [4.78, 5) is 25.2. The van der Waals surface area contributed by atoms with Gasteiger partial charge in [-0.05, 0) is 0 Å². The molecule has 1 unspecified atom stereocenters. The van der Waals surface area contributed by atoms with Gasteiger partial charge in [-0.1, -0.05) is 25.2 Å². The molecule has 1 saturated heterocycles. The Labute approximate surface area is 102 Å². The molecule has 0 bridgehead atoms. The van der Waals surface area contributed by atoms with Crippen LogP contribution in [0.5, 0.6) is 0 Å². The third-order valence-corrected chi connectivity index (χ3v) is 3.63. The average molecular weight is 256 g/mol. The van der Waals surface area contributed by atoms with E-state index in [0.29, 0.717) is 0 Å². The van der Waals surface area contributed by atoms with E-state index in [1.54, 1.807) is 0 Å². The molecule has 7 nitrogen and oxygen atoms in total. The van der Waals surface area contributed by atoms with Gasteiger partial charge in [-0.3, -0.25) is 9.69 Å². The van der Waals surface area contributed by atoms with Crippen LogP contribution in [0, 0.1) is 0 Å². The zero-order valence-electron chi connectivity index (χ0n) is 9.62. The summed E-state index contributed by atoms with van der Waals surface area (Å²) in [6.45, 7) is 3.89. The van der Waals surface area contributed by atoms with Gasteiger partial charge in [-0.25, -0.2) is 9.69 Å². The monoisotopic (exact) mass is 256 g/mol. The third-order valence-electron chi connectivity index (χ3n) is 2.42. The molecule has 2 rings (SSSR count). The van der Waals surface area contributed by atoms with Gasteiger partial charge < -0.3 is 5.11 Å². The van der Waals surface area contributed by atoms with Crippen molar-refractivity contribution in [3.05, 3.63) is 5.01 Å².